The standard InChI is InChI=1S/C15H20BN3O/c1-15(6-4-2-3-5-7-15)13(20)10-8-17-14-12(10)19-11(16)9-18-14/h8-9H,2-7,16H2,1H3,(H,17,18). The molecule has 1 fully saturated rings. The van der Waals surface area contributed by atoms with Crippen LogP contribution in [0.1, 0.15) is 55.8 Å². The summed E-state index contributed by atoms with van der Waals surface area (Å²) >= 11 is 0. The van der Waals surface area contributed by atoms with Crippen LogP contribution in [0.25, 0.3) is 11.2 Å². The Morgan fingerprint density at radius 1 is 1.30 bits per heavy atom. The van der Waals surface area contributed by atoms with Crippen LogP contribution >= 0.6 is 0 Å². The lowest BCUT2D eigenvalue weighted by Gasteiger charge is -2.25. The van der Waals surface area contributed by atoms with Crippen molar-refractivity contribution in [3.05, 3.63) is 18.0 Å². The van der Waals surface area contributed by atoms with E-state index in [4.69, 9.17) is 0 Å². The van der Waals surface area contributed by atoms with E-state index in [9.17, 15) is 4.79 Å². The molecule has 0 spiro atoms. The van der Waals surface area contributed by atoms with Crippen molar-refractivity contribution in [3.8, 4) is 0 Å². The monoisotopic (exact) mass is 269 g/mol. The number of hydrogen-bond acceptors (Lipinski definition) is 3. The Morgan fingerprint density at radius 3 is 2.70 bits per heavy atom. The predicted molar refractivity (Wildman–Crippen MR) is 82.2 cm³/mol. The van der Waals surface area contributed by atoms with Crippen LogP contribution in [0.4, 0.5) is 0 Å². The second kappa shape index (κ2) is 5.04. The van der Waals surface area contributed by atoms with Gasteiger partial charge in [-0.25, -0.2) is 4.98 Å². The lowest BCUT2D eigenvalue weighted by atomic mass is 9.76. The molecule has 1 aliphatic rings. The zero-order chi connectivity index (χ0) is 14.2. The Kier molecular flexibility index (Phi) is 3.36. The van der Waals surface area contributed by atoms with Crippen molar-refractivity contribution in [1.82, 2.24) is 15.0 Å². The van der Waals surface area contributed by atoms with E-state index in [1.54, 1.807) is 12.4 Å². The summed E-state index contributed by atoms with van der Waals surface area (Å²) in [6.07, 6.45) is 10.3. The fourth-order valence-electron chi connectivity index (χ4n) is 3.21. The van der Waals surface area contributed by atoms with Crippen molar-refractivity contribution >= 4 is 30.4 Å². The fraction of sp³-hybridized carbons (Fsp3) is 0.533. The Hall–Kier alpha value is -1.65. The fourth-order valence-corrected chi connectivity index (χ4v) is 3.21. The van der Waals surface area contributed by atoms with Crippen molar-refractivity contribution in [1.29, 1.82) is 0 Å². The third-order valence-corrected chi connectivity index (χ3v) is 4.50. The quantitative estimate of drug-likeness (QED) is 0.513. The average molecular weight is 269 g/mol. The van der Waals surface area contributed by atoms with Crippen LogP contribution in [0.5, 0.6) is 0 Å². The molecular formula is C15H20BN3O. The van der Waals surface area contributed by atoms with Gasteiger partial charge in [-0.05, 0) is 12.8 Å². The molecule has 2 aromatic heterocycles. The minimum atomic E-state index is -0.239. The summed E-state index contributed by atoms with van der Waals surface area (Å²) in [4.78, 5) is 24.8. The molecule has 0 saturated heterocycles. The molecule has 2 aromatic rings. The van der Waals surface area contributed by atoms with Gasteiger partial charge < -0.3 is 4.98 Å². The third kappa shape index (κ3) is 2.25. The predicted octanol–water partition coefficient (Wildman–Crippen LogP) is 1.76. The van der Waals surface area contributed by atoms with E-state index < -0.39 is 0 Å². The number of rotatable bonds is 2. The highest BCUT2D eigenvalue weighted by Crippen LogP contribution is 2.38. The minimum Gasteiger partial charge on any atom is -0.344 e. The lowest BCUT2D eigenvalue weighted by Crippen LogP contribution is -2.27. The van der Waals surface area contributed by atoms with Crippen LogP contribution in [-0.4, -0.2) is 28.6 Å². The van der Waals surface area contributed by atoms with E-state index in [0.717, 1.165) is 36.8 Å². The average Bonchev–Trinajstić information content (AvgIpc) is 2.71. The second-order valence-corrected chi connectivity index (χ2v) is 6.21. The van der Waals surface area contributed by atoms with Crippen molar-refractivity contribution in [3.63, 3.8) is 0 Å². The van der Waals surface area contributed by atoms with Gasteiger partial charge >= 0.3 is 0 Å². The van der Waals surface area contributed by atoms with Crippen LogP contribution in [0, 0.1) is 5.41 Å². The summed E-state index contributed by atoms with van der Waals surface area (Å²) in [6.45, 7) is 2.11. The maximum absolute atomic E-state index is 13.0. The zero-order valence-electron chi connectivity index (χ0n) is 12.2. The summed E-state index contributed by atoms with van der Waals surface area (Å²) in [6, 6.07) is 0. The number of Topliss-reactive ketones (excluding diaryl/α,β-unsaturated/α-hetero) is 1. The highest BCUT2D eigenvalue weighted by atomic mass is 16.1. The third-order valence-electron chi connectivity index (χ3n) is 4.50. The van der Waals surface area contributed by atoms with Gasteiger partial charge in [0.05, 0.1) is 5.56 Å². The first-order chi connectivity index (χ1) is 9.60. The number of aromatic amines is 1. The minimum absolute atomic E-state index is 0.227. The van der Waals surface area contributed by atoms with Crippen molar-refractivity contribution < 1.29 is 4.79 Å². The molecule has 20 heavy (non-hydrogen) atoms. The van der Waals surface area contributed by atoms with Gasteiger partial charge in [-0.1, -0.05) is 32.6 Å². The summed E-state index contributed by atoms with van der Waals surface area (Å²) < 4.78 is 0. The van der Waals surface area contributed by atoms with Crippen molar-refractivity contribution in [2.24, 2.45) is 5.41 Å². The number of carbonyl (C=O) groups is 1. The van der Waals surface area contributed by atoms with Gasteiger partial charge in [0.15, 0.2) is 19.3 Å². The first kappa shape index (κ1) is 13.3. The summed E-state index contributed by atoms with van der Waals surface area (Å²) in [5.74, 6) is 0.227. The van der Waals surface area contributed by atoms with Gasteiger partial charge in [-0.3, -0.25) is 9.78 Å². The molecule has 3 rings (SSSR count). The van der Waals surface area contributed by atoms with Crippen LogP contribution in [0.15, 0.2) is 12.4 Å². The number of nitrogens with zero attached hydrogens (tertiary/aromatic N) is 2. The van der Waals surface area contributed by atoms with Gasteiger partial charge in [0.1, 0.15) is 5.52 Å². The smallest absolute Gasteiger partial charge is 0.172 e. The molecule has 0 amide bonds. The summed E-state index contributed by atoms with van der Waals surface area (Å²) in [5, 5.41) is 0. The molecule has 0 aliphatic heterocycles. The van der Waals surface area contributed by atoms with E-state index >= 15 is 0 Å². The van der Waals surface area contributed by atoms with Gasteiger partial charge in [0, 0.05) is 23.4 Å². The molecule has 0 unspecified atom stereocenters. The first-order valence-corrected chi connectivity index (χ1v) is 7.46. The second-order valence-electron chi connectivity index (χ2n) is 6.21. The Bertz CT molecular complexity index is 642. The maximum Gasteiger partial charge on any atom is 0.172 e. The van der Waals surface area contributed by atoms with E-state index in [-0.39, 0.29) is 11.2 Å². The number of nitrogens with one attached hydrogen (secondary N) is 1. The highest BCUT2D eigenvalue weighted by molar-refractivity contribution is 6.31. The molecule has 2 heterocycles. The molecule has 0 atom stereocenters. The van der Waals surface area contributed by atoms with Crippen LogP contribution in [-0.2, 0) is 0 Å². The van der Waals surface area contributed by atoms with E-state index in [1.807, 2.05) is 7.85 Å². The molecule has 0 radical (unpaired) electrons. The topological polar surface area (TPSA) is 58.6 Å². The SMILES string of the molecule is Bc1cnc2[nH]cc(C(=O)C3(C)CCCCCC3)c2n1. The highest BCUT2D eigenvalue weighted by Gasteiger charge is 2.35. The number of H-pyrrole nitrogens is 1. The molecule has 0 aromatic carbocycles. The molecule has 1 N–H and O–H groups in total. The molecule has 4 nitrogen and oxygen atoms in total. The zero-order valence-corrected chi connectivity index (χ0v) is 12.2. The van der Waals surface area contributed by atoms with Crippen molar-refractivity contribution in [2.75, 3.05) is 0 Å². The van der Waals surface area contributed by atoms with Crippen LogP contribution in [0.3, 0.4) is 0 Å². The number of ketones is 1. The Morgan fingerprint density at radius 2 is 2.00 bits per heavy atom. The molecule has 1 saturated carbocycles. The maximum atomic E-state index is 13.0. The number of carbonyl (C=O) groups excluding carboxylic acids is 1. The summed E-state index contributed by atoms with van der Waals surface area (Å²) in [7, 11) is 1.90. The normalized spacial score (nSPS) is 18.9. The largest absolute Gasteiger partial charge is 0.344 e. The molecule has 5 heteroatoms. The first-order valence-electron chi connectivity index (χ1n) is 7.46. The molecule has 104 valence electrons. The molecule has 1 aliphatic carbocycles. The van der Waals surface area contributed by atoms with Gasteiger partial charge in [-0.15, -0.1) is 0 Å². The van der Waals surface area contributed by atoms with Gasteiger partial charge in [0.2, 0.25) is 0 Å². The number of hydrogen-bond donors (Lipinski definition) is 1. The van der Waals surface area contributed by atoms with Crippen molar-refractivity contribution in [2.45, 2.75) is 45.4 Å². The molecule has 0 bridgehead atoms. The number of fused-ring (bicyclic) bond motifs is 1. The van der Waals surface area contributed by atoms with E-state index in [0.29, 0.717) is 11.2 Å². The lowest BCUT2D eigenvalue weighted by molar-refractivity contribution is 0.0792. The van der Waals surface area contributed by atoms with Crippen LogP contribution < -0.4 is 5.59 Å². The number of aromatic nitrogens is 3. The van der Waals surface area contributed by atoms with E-state index in [2.05, 4.69) is 21.9 Å². The van der Waals surface area contributed by atoms with Crippen LogP contribution in [0.2, 0.25) is 0 Å². The van der Waals surface area contributed by atoms with E-state index in [1.165, 1.54) is 12.8 Å². The Labute approximate surface area is 119 Å². The van der Waals surface area contributed by atoms with Gasteiger partial charge in [0.25, 0.3) is 0 Å². The summed E-state index contributed by atoms with van der Waals surface area (Å²) in [5.41, 5.74) is 2.74. The van der Waals surface area contributed by atoms with Gasteiger partial charge in [-0.2, -0.15) is 0 Å². The Balaban J connectivity index is 2.01. The molecular weight excluding hydrogens is 249 g/mol.